The minimum atomic E-state index is -0.745. The minimum absolute atomic E-state index is 0.209. The number of anilines is 2. The highest BCUT2D eigenvalue weighted by molar-refractivity contribution is 5.99. The molecule has 0 spiro atoms. The van der Waals surface area contributed by atoms with Crippen LogP contribution in [0.4, 0.5) is 20.6 Å². The molecule has 0 saturated carbocycles. The van der Waals surface area contributed by atoms with Gasteiger partial charge in [0.05, 0.1) is 5.56 Å². The van der Waals surface area contributed by atoms with Crippen LogP contribution in [0.25, 0.3) is 11.1 Å². The van der Waals surface area contributed by atoms with E-state index in [-0.39, 0.29) is 17.1 Å². The van der Waals surface area contributed by atoms with Crippen molar-refractivity contribution in [2.45, 2.75) is 26.3 Å². The number of nitrogen functional groups attached to an aromatic ring is 1. The Bertz CT molecular complexity index is 1070. The second kappa shape index (κ2) is 8.87. The number of hydrogen-bond donors (Lipinski definition) is 2. The molecule has 0 bridgehead atoms. The second-order valence-corrected chi connectivity index (χ2v) is 7.95. The number of nitrogens with one attached hydrogen (secondary N) is 1. The number of hydrogen-bond acceptors (Lipinski definition) is 4. The van der Waals surface area contributed by atoms with Crippen LogP contribution in [0.1, 0.15) is 31.1 Å². The number of nitrogens with two attached hydrogens (primary N) is 1. The van der Waals surface area contributed by atoms with Crippen LogP contribution in [0.5, 0.6) is 0 Å². The maximum atomic E-state index is 13.2. The largest absolute Gasteiger partial charge is 0.439 e. The Morgan fingerprint density at radius 3 is 2.00 bits per heavy atom. The van der Waals surface area contributed by atoms with Crippen LogP contribution in [-0.4, -0.2) is 17.5 Å². The Morgan fingerprint density at radius 2 is 1.45 bits per heavy atom. The molecular weight excluding hydrogens is 397 g/mol. The highest BCUT2D eigenvalue weighted by Crippen LogP contribution is 2.28. The molecule has 6 nitrogen and oxygen atoms in total. The topological polar surface area (TPSA) is 84.7 Å². The SMILES string of the molecule is CC(C)(C)N(C(=O)ONC(=O)c1ccccc1N)c1ccc(-c2ccc(F)cc2)cc1. The van der Waals surface area contributed by atoms with E-state index in [0.29, 0.717) is 5.69 Å². The molecule has 160 valence electrons. The molecule has 3 rings (SSSR count). The van der Waals surface area contributed by atoms with E-state index in [1.54, 1.807) is 42.5 Å². The van der Waals surface area contributed by atoms with Crippen molar-refractivity contribution in [1.82, 2.24) is 5.48 Å². The van der Waals surface area contributed by atoms with Crippen LogP contribution in [0.2, 0.25) is 0 Å². The van der Waals surface area contributed by atoms with Gasteiger partial charge in [0, 0.05) is 16.9 Å². The summed E-state index contributed by atoms with van der Waals surface area (Å²) in [4.78, 5) is 31.6. The number of rotatable bonds is 3. The van der Waals surface area contributed by atoms with Crippen LogP contribution < -0.4 is 16.1 Å². The first-order valence-corrected chi connectivity index (χ1v) is 9.69. The molecule has 0 aliphatic carbocycles. The van der Waals surface area contributed by atoms with E-state index in [1.165, 1.54) is 23.1 Å². The number of carbonyl (C=O) groups excluding carboxylic acids is 2. The van der Waals surface area contributed by atoms with Gasteiger partial charge in [0.25, 0.3) is 5.91 Å². The highest BCUT2D eigenvalue weighted by Gasteiger charge is 2.30. The maximum Gasteiger partial charge on any atom is 0.439 e. The van der Waals surface area contributed by atoms with Crippen molar-refractivity contribution < 1.29 is 18.8 Å². The number of halogens is 1. The van der Waals surface area contributed by atoms with Crippen LogP contribution in [0.3, 0.4) is 0 Å². The van der Waals surface area contributed by atoms with Gasteiger partial charge in [-0.05, 0) is 68.3 Å². The number of nitrogens with zero attached hydrogens (tertiary/aromatic N) is 1. The second-order valence-electron chi connectivity index (χ2n) is 7.95. The van der Waals surface area contributed by atoms with E-state index in [0.717, 1.165) is 11.1 Å². The summed E-state index contributed by atoms with van der Waals surface area (Å²) in [6, 6.07) is 19.8. The van der Waals surface area contributed by atoms with Crippen molar-refractivity contribution in [3.05, 3.63) is 84.2 Å². The molecule has 0 aliphatic rings. The van der Waals surface area contributed by atoms with Crippen LogP contribution in [-0.2, 0) is 4.84 Å². The standard InChI is InChI=1S/C24H24FN3O3/c1-24(2,3)28(23(30)31-27-22(29)20-6-4-5-7-21(20)26)19-14-10-17(11-15-19)16-8-12-18(25)13-9-16/h4-15H,26H2,1-3H3,(H,27,29). The zero-order valence-corrected chi connectivity index (χ0v) is 17.6. The predicted molar refractivity (Wildman–Crippen MR) is 119 cm³/mol. The van der Waals surface area contributed by atoms with Crippen molar-refractivity contribution in [2.24, 2.45) is 0 Å². The summed E-state index contributed by atoms with van der Waals surface area (Å²) in [7, 11) is 0. The average molecular weight is 421 g/mol. The number of carbonyl (C=O) groups is 2. The number of benzene rings is 3. The van der Waals surface area contributed by atoms with Gasteiger partial charge in [-0.2, -0.15) is 5.48 Å². The summed E-state index contributed by atoms with van der Waals surface area (Å²) in [5.74, 6) is -0.923. The van der Waals surface area contributed by atoms with Crippen molar-refractivity contribution >= 4 is 23.4 Å². The molecule has 0 fully saturated rings. The third-order valence-corrected chi connectivity index (χ3v) is 4.59. The first-order chi connectivity index (χ1) is 14.7. The quantitative estimate of drug-likeness (QED) is 0.452. The molecule has 2 amide bonds. The van der Waals surface area contributed by atoms with Gasteiger partial charge in [-0.15, -0.1) is 0 Å². The molecule has 0 heterocycles. The lowest BCUT2D eigenvalue weighted by molar-refractivity contribution is 0.0582. The smallest absolute Gasteiger partial charge is 0.398 e. The van der Waals surface area contributed by atoms with Gasteiger partial charge >= 0.3 is 6.09 Å². The van der Waals surface area contributed by atoms with E-state index in [9.17, 15) is 14.0 Å². The van der Waals surface area contributed by atoms with Gasteiger partial charge in [-0.25, -0.2) is 9.18 Å². The molecule has 3 aromatic carbocycles. The molecule has 31 heavy (non-hydrogen) atoms. The summed E-state index contributed by atoms with van der Waals surface area (Å²) >= 11 is 0. The molecule has 7 heteroatoms. The van der Waals surface area contributed by atoms with Gasteiger partial charge in [-0.1, -0.05) is 36.4 Å². The molecule has 0 unspecified atom stereocenters. The van der Waals surface area contributed by atoms with E-state index >= 15 is 0 Å². The van der Waals surface area contributed by atoms with Gasteiger partial charge in [0.1, 0.15) is 5.82 Å². The fourth-order valence-corrected chi connectivity index (χ4v) is 3.11. The predicted octanol–water partition coefficient (Wildman–Crippen LogP) is 5.16. The van der Waals surface area contributed by atoms with Gasteiger partial charge in [-0.3, -0.25) is 9.69 Å². The highest BCUT2D eigenvalue weighted by atomic mass is 19.1. The lowest BCUT2D eigenvalue weighted by Gasteiger charge is -2.34. The summed E-state index contributed by atoms with van der Waals surface area (Å²) < 4.78 is 13.2. The minimum Gasteiger partial charge on any atom is -0.398 e. The number of hydroxylamine groups is 1. The van der Waals surface area contributed by atoms with Crippen molar-refractivity contribution in [2.75, 3.05) is 10.6 Å². The summed E-state index contributed by atoms with van der Waals surface area (Å²) in [6.45, 7) is 5.54. The van der Waals surface area contributed by atoms with Crippen molar-refractivity contribution in [3.8, 4) is 11.1 Å². The van der Waals surface area contributed by atoms with E-state index in [4.69, 9.17) is 10.6 Å². The Morgan fingerprint density at radius 1 is 0.903 bits per heavy atom. The number of amides is 2. The van der Waals surface area contributed by atoms with Crippen LogP contribution in [0.15, 0.2) is 72.8 Å². The Kier molecular flexibility index (Phi) is 6.25. The van der Waals surface area contributed by atoms with Gasteiger partial charge < -0.3 is 10.6 Å². The normalized spacial score (nSPS) is 11.0. The first kappa shape index (κ1) is 21.8. The van der Waals surface area contributed by atoms with Gasteiger partial charge in [0.2, 0.25) is 0 Å². The van der Waals surface area contributed by atoms with Crippen LogP contribution in [0, 0.1) is 5.82 Å². The Labute approximate surface area is 180 Å². The molecule has 3 N–H and O–H groups in total. The third-order valence-electron chi connectivity index (χ3n) is 4.59. The Balaban J connectivity index is 1.77. The van der Waals surface area contributed by atoms with E-state index in [2.05, 4.69) is 5.48 Å². The van der Waals surface area contributed by atoms with Gasteiger partial charge in [0.15, 0.2) is 0 Å². The molecule has 0 aliphatic heterocycles. The lowest BCUT2D eigenvalue weighted by Crippen LogP contribution is -2.48. The molecule has 0 atom stereocenters. The average Bonchev–Trinajstić information content (AvgIpc) is 2.73. The van der Waals surface area contributed by atoms with Crippen molar-refractivity contribution in [3.63, 3.8) is 0 Å². The molecule has 3 aromatic rings. The maximum absolute atomic E-state index is 13.2. The summed E-state index contributed by atoms with van der Waals surface area (Å²) in [6.07, 6.45) is -0.745. The zero-order chi connectivity index (χ0) is 22.6. The monoisotopic (exact) mass is 421 g/mol. The zero-order valence-electron chi connectivity index (χ0n) is 17.6. The molecule has 0 aromatic heterocycles. The van der Waals surface area contributed by atoms with Crippen LogP contribution >= 0.6 is 0 Å². The lowest BCUT2D eigenvalue weighted by atomic mass is 10.0. The fourth-order valence-electron chi connectivity index (χ4n) is 3.11. The summed E-state index contributed by atoms with van der Waals surface area (Å²) in [5.41, 5.74) is 10.1. The molecular formula is C24H24FN3O3. The fraction of sp³-hybridized carbons (Fsp3) is 0.167. The molecule has 0 radical (unpaired) electrons. The molecule has 0 saturated heterocycles. The van der Waals surface area contributed by atoms with E-state index < -0.39 is 17.5 Å². The van der Waals surface area contributed by atoms with E-state index in [1.807, 2.05) is 32.9 Å². The van der Waals surface area contributed by atoms with Crippen molar-refractivity contribution in [1.29, 1.82) is 0 Å². The Hall–Kier alpha value is -3.87. The summed E-state index contributed by atoms with van der Waals surface area (Å²) in [5, 5.41) is 0. The third kappa shape index (κ3) is 5.19. The first-order valence-electron chi connectivity index (χ1n) is 9.69. The number of para-hydroxylation sites is 1.